The van der Waals surface area contributed by atoms with Crippen LogP contribution >= 0.6 is 0 Å². The van der Waals surface area contributed by atoms with Crippen LogP contribution in [0.5, 0.6) is 0 Å². The fourth-order valence-electron chi connectivity index (χ4n) is 4.42. The molecule has 234 valence electrons. The quantitative estimate of drug-likeness (QED) is 0.117. The van der Waals surface area contributed by atoms with Gasteiger partial charge in [-0.3, -0.25) is 9.69 Å². The molecule has 0 unspecified atom stereocenters. The van der Waals surface area contributed by atoms with Crippen LogP contribution in [0.2, 0.25) is 0 Å². The van der Waals surface area contributed by atoms with Gasteiger partial charge in [0.05, 0.1) is 5.69 Å². The summed E-state index contributed by atoms with van der Waals surface area (Å²) < 4.78 is 29.9. The molecule has 3 rings (SSSR count). The highest BCUT2D eigenvalue weighted by Crippen LogP contribution is 2.37. The third-order valence-corrected chi connectivity index (χ3v) is 6.34. The molecule has 8 nitrogen and oxygen atoms in total. The van der Waals surface area contributed by atoms with Gasteiger partial charge in [-0.05, 0) is 70.1 Å². The molecule has 3 aromatic rings. The van der Waals surface area contributed by atoms with Crippen LogP contribution < -0.4 is 26.2 Å². The van der Waals surface area contributed by atoms with Crippen LogP contribution in [0.4, 0.5) is 26.2 Å². The Kier molecular flexibility index (Phi) is 14.2. The minimum absolute atomic E-state index is 0.0788. The van der Waals surface area contributed by atoms with Crippen molar-refractivity contribution in [3.05, 3.63) is 71.3 Å². The highest BCUT2D eigenvalue weighted by atomic mass is 19.1. The van der Waals surface area contributed by atoms with Crippen molar-refractivity contribution in [3.63, 3.8) is 0 Å². The average molecular weight is 596 g/mol. The van der Waals surface area contributed by atoms with Gasteiger partial charge in [0.15, 0.2) is 5.82 Å². The molecular formula is C33H47F2N7O. The number of nitrogens with one attached hydrogen (secondary N) is 4. The number of aryl methyl sites for hydroxylation is 1. The van der Waals surface area contributed by atoms with Crippen molar-refractivity contribution in [2.45, 2.75) is 73.5 Å². The van der Waals surface area contributed by atoms with Crippen LogP contribution in [-0.4, -0.2) is 48.6 Å². The number of para-hydroxylation sites is 1. The van der Waals surface area contributed by atoms with Crippen LogP contribution in [0.1, 0.15) is 64.7 Å². The average Bonchev–Trinajstić information content (AvgIpc) is 2.96. The van der Waals surface area contributed by atoms with Crippen LogP contribution in [0, 0.1) is 18.6 Å². The summed E-state index contributed by atoms with van der Waals surface area (Å²) in [5, 5.41) is 13.0. The highest BCUT2D eigenvalue weighted by Gasteiger charge is 2.26. The molecule has 43 heavy (non-hydrogen) atoms. The number of benzene rings is 2. The lowest BCUT2D eigenvalue weighted by Crippen LogP contribution is -2.26. The first-order valence-corrected chi connectivity index (χ1v) is 14.9. The molecule has 0 aliphatic carbocycles. The molecule has 0 bridgehead atoms. The maximum atomic E-state index is 14.9. The van der Waals surface area contributed by atoms with Gasteiger partial charge < -0.3 is 21.3 Å². The second-order valence-corrected chi connectivity index (χ2v) is 10.5. The number of hydrogen-bond acceptors (Lipinski definition) is 7. The standard InChI is InChI=1S/C31H41F2N7O.C2H6/c1-19(2)35-14-9-15-36-31-38-28(24-16-23(13-12-21(24)5)22(6)37-20(3)4)25(17-34-7)30(39-31)40(18-41)29-26(32)10-8-11-27(29)33;1-2/h8,10-13,16,18-20,34-35,37H,6,9,14-15,17H2,1-5,7H3,(H,36,38,39);1-2H3. The molecule has 0 atom stereocenters. The number of amides is 1. The van der Waals surface area contributed by atoms with Crippen molar-refractivity contribution in [2.75, 3.05) is 30.4 Å². The normalized spacial score (nSPS) is 10.8. The molecule has 0 fully saturated rings. The molecule has 1 aromatic heterocycles. The van der Waals surface area contributed by atoms with Crippen molar-refractivity contribution in [1.82, 2.24) is 25.9 Å². The number of nitrogens with zero attached hydrogens (tertiary/aromatic N) is 3. The Morgan fingerprint density at radius 2 is 1.70 bits per heavy atom. The van der Waals surface area contributed by atoms with Crippen molar-refractivity contribution in [1.29, 1.82) is 0 Å². The molecule has 1 amide bonds. The van der Waals surface area contributed by atoms with Crippen molar-refractivity contribution in [2.24, 2.45) is 0 Å². The highest BCUT2D eigenvalue weighted by molar-refractivity contribution is 5.89. The number of carbonyl (C=O) groups is 1. The maximum absolute atomic E-state index is 14.9. The third-order valence-electron chi connectivity index (χ3n) is 6.34. The van der Waals surface area contributed by atoms with Gasteiger partial charge in [0, 0.05) is 42.0 Å². The zero-order chi connectivity index (χ0) is 32.1. The van der Waals surface area contributed by atoms with E-state index < -0.39 is 17.3 Å². The minimum atomic E-state index is -0.879. The molecular weight excluding hydrogens is 548 g/mol. The van der Waals surface area contributed by atoms with Crippen LogP contribution in [-0.2, 0) is 11.3 Å². The second-order valence-electron chi connectivity index (χ2n) is 10.5. The van der Waals surface area contributed by atoms with Gasteiger partial charge in [0.25, 0.3) is 0 Å². The smallest absolute Gasteiger partial charge is 0.225 e. The summed E-state index contributed by atoms with van der Waals surface area (Å²) in [6.07, 6.45) is 1.17. The Labute approximate surface area is 255 Å². The van der Waals surface area contributed by atoms with Crippen LogP contribution in [0.25, 0.3) is 17.0 Å². The Bertz CT molecular complexity index is 1340. The number of rotatable bonds is 15. The maximum Gasteiger partial charge on any atom is 0.225 e. The summed E-state index contributed by atoms with van der Waals surface area (Å²) >= 11 is 0. The van der Waals surface area contributed by atoms with Gasteiger partial charge >= 0.3 is 0 Å². The molecule has 4 N–H and O–H groups in total. The van der Waals surface area contributed by atoms with E-state index in [1.165, 1.54) is 6.07 Å². The van der Waals surface area contributed by atoms with E-state index in [1.807, 2.05) is 52.8 Å². The van der Waals surface area contributed by atoms with E-state index in [0.717, 1.165) is 52.4 Å². The van der Waals surface area contributed by atoms with E-state index in [9.17, 15) is 13.6 Å². The predicted molar refractivity (Wildman–Crippen MR) is 174 cm³/mol. The lowest BCUT2D eigenvalue weighted by Gasteiger charge is -2.24. The van der Waals surface area contributed by atoms with E-state index in [-0.39, 0.29) is 24.4 Å². The lowest BCUT2D eigenvalue weighted by molar-refractivity contribution is -0.106. The van der Waals surface area contributed by atoms with E-state index in [0.29, 0.717) is 30.3 Å². The van der Waals surface area contributed by atoms with E-state index >= 15 is 0 Å². The summed E-state index contributed by atoms with van der Waals surface area (Å²) in [6, 6.07) is 9.94. The van der Waals surface area contributed by atoms with Gasteiger partial charge in [-0.1, -0.05) is 52.5 Å². The first-order valence-electron chi connectivity index (χ1n) is 14.9. The van der Waals surface area contributed by atoms with Crippen molar-refractivity contribution < 1.29 is 13.6 Å². The molecule has 0 saturated carbocycles. The molecule has 0 saturated heterocycles. The summed E-state index contributed by atoms with van der Waals surface area (Å²) in [5.41, 5.74) is 3.88. The third kappa shape index (κ3) is 9.56. The molecule has 0 radical (unpaired) electrons. The zero-order valence-electron chi connectivity index (χ0n) is 26.7. The summed E-state index contributed by atoms with van der Waals surface area (Å²) in [7, 11) is 1.74. The van der Waals surface area contributed by atoms with E-state index in [4.69, 9.17) is 4.98 Å². The zero-order valence-corrected chi connectivity index (χ0v) is 26.7. The number of aromatic nitrogens is 2. The largest absolute Gasteiger partial charge is 0.383 e. The molecule has 0 spiro atoms. The fourth-order valence-corrected chi connectivity index (χ4v) is 4.42. The summed E-state index contributed by atoms with van der Waals surface area (Å²) in [5.74, 6) is -1.44. The first kappa shape index (κ1) is 35.3. The summed E-state index contributed by atoms with van der Waals surface area (Å²) in [4.78, 5) is 22.9. The van der Waals surface area contributed by atoms with Gasteiger partial charge in [-0.15, -0.1) is 0 Å². The topological polar surface area (TPSA) is 94.2 Å². The fraction of sp³-hybridized carbons (Fsp3) is 0.424. The predicted octanol–water partition coefficient (Wildman–Crippen LogP) is 6.54. The minimum Gasteiger partial charge on any atom is -0.383 e. The Morgan fingerprint density at radius 1 is 1.02 bits per heavy atom. The van der Waals surface area contributed by atoms with Crippen molar-refractivity contribution >= 4 is 29.6 Å². The Balaban J connectivity index is 0.00000316. The number of hydrogen-bond donors (Lipinski definition) is 4. The Morgan fingerprint density at radius 3 is 2.28 bits per heavy atom. The Hall–Kier alpha value is -3.89. The molecule has 0 aliphatic rings. The molecule has 2 aromatic carbocycles. The van der Waals surface area contributed by atoms with E-state index in [1.54, 1.807) is 7.05 Å². The SMILES string of the molecule is C=C(NC(C)C)c1ccc(C)c(-c2nc(NCCCNC(C)C)nc(N(C=O)c3c(F)cccc3F)c2CNC)c1.CC. The first-order chi connectivity index (χ1) is 20.6. The van der Waals surface area contributed by atoms with Gasteiger partial charge in [-0.25, -0.2) is 13.8 Å². The van der Waals surface area contributed by atoms with Crippen molar-refractivity contribution in [3.8, 4) is 11.3 Å². The lowest BCUT2D eigenvalue weighted by atomic mass is 9.97. The van der Waals surface area contributed by atoms with E-state index in [2.05, 4.69) is 46.7 Å². The molecule has 0 aliphatic heterocycles. The van der Waals surface area contributed by atoms with Crippen LogP contribution in [0.3, 0.4) is 0 Å². The number of halogens is 2. The summed E-state index contributed by atoms with van der Waals surface area (Å²) in [6.45, 7) is 19.9. The van der Waals surface area contributed by atoms with Gasteiger partial charge in [0.1, 0.15) is 17.3 Å². The van der Waals surface area contributed by atoms with Crippen LogP contribution in [0.15, 0.2) is 43.0 Å². The monoisotopic (exact) mass is 595 g/mol. The molecule has 1 heterocycles. The van der Waals surface area contributed by atoms with Gasteiger partial charge in [0.2, 0.25) is 12.4 Å². The molecule has 10 heteroatoms. The number of anilines is 3. The second kappa shape index (κ2) is 17.3. The van der Waals surface area contributed by atoms with Gasteiger partial charge in [-0.2, -0.15) is 4.98 Å². The number of carbonyl (C=O) groups excluding carboxylic acids is 1.